The van der Waals surface area contributed by atoms with Crippen molar-refractivity contribution in [3.63, 3.8) is 0 Å². The van der Waals surface area contributed by atoms with Gasteiger partial charge in [0.2, 0.25) is 0 Å². The summed E-state index contributed by atoms with van der Waals surface area (Å²) < 4.78 is 6.58. The van der Waals surface area contributed by atoms with E-state index in [0.717, 1.165) is 44.9 Å². The minimum Gasteiger partial charge on any atom is -0.496 e. The van der Waals surface area contributed by atoms with Gasteiger partial charge in [0.25, 0.3) is 0 Å². The summed E-state index contributed by atoms with van der Waals surface area (Å²) in [6.45, 7) is 4.30. The van der Waals surface area contributed by atoms with Gasteiger partial charge in [-0.2, -0.15) is 0 Å². The summed E-state index contributed by atoms with van der Waals surface area (Å²) >= 11 is 3.56. The van der Waals surface area contributed by atoms with Gasteiger partial charge in [0.1, 0.15) is 5.75 Å². The number of para-hydroxylation sites is 2. The summed E-state index contributed by atoms with van der Waals surface area (Å²) in [4.78, 5) is 13.2. The van der Waals surface area contributed by atoms with Gasteiger partial charge in [-0.05, 0) is 42.2 Å². The van der Waals surface area contributed by atoms with Crippen molar-refractivity contribution in [2.24, 2.45) is 5.41 Å². The van der Waals surface area contributed by atoms with E-state index in [9.17, 15) is 4.79 Å². The molecule has 1 heterocycles. The second-order valence-corrected chi connectivity index (χ2v) is 8.88. The number of benzene rings is 2. The van der Waals surface area contributed by atoms with Gasteiger partial charge in [-0.3, -0.25) is 4.79 Å². The SMILES string of the molecule is COc1ccc(Br)cc1[C@H]1Nc2ccccc2NC2=C1C(=O)CC(C)(C)C2. The van der Waals surface area contributed by atoms with Crippen LogP contribution in [-0.2, 0) is 4.79 Å². The number of hydrogen-bond acceptors (Lipinski definition) is 4. The van der Waals surface area contributed by atoms with Gasteiger partial charge in [0.15, 0.2) is 5.78 Å². The molecule has 0 saturated heterocycles. The van der Waals surface area contributed by atoms with Crippen LogP contribution in [0.4, 0.5) is 11.4 Å². The number of carbonyl (C=O) groups is 1. The number of carbonyl (C=O) groups excluding carboxylic acids is 1. The number of halogens is 1. The third kappa shape index (κ3) is 3.36. The fraction of sp³-hybridized carbons (Fsp3) is 0.318. The largest absolute Gasteiger partial charge is 0.496 e. The Balaban J connectivity index is 1.93. The lowest BCUT2D eigenvalue weighted by atomic mass is 9.73. The van der Waals surface area contributed by atoms with E-state index in [4.69, 9.17) is 4.74 Å². The van der Waals surface area contributed by atoms with Crippen molar-refractivity contribution >= 4 is 33.1 Å². The average Bonchev–Trinajstić information content (AvgIpc) is 2.76. The predicted molar refractivity (Wildman–Crippen MR) is 112 cm³/mol. The molecule has 1 aliphatic heterocycles. The zero-order valence-corrected chi connectivity index (χ0v) is 17.3. The first-order valence-electron chi connectivity index (χ1n) is 9.10. The summed E-state index contributed by atoms with van der Waals surface area (Å²) in [5.74, 6) is 0.945. The first-order valence-corrected chi connectivity index (χ1v) is 9.89. The number of methoxy groups -OCH3 is 1. The van der Waals surface area contributed by atoms with Gasteiger partial charge >= 0.3 is 0 Å². The molecule has 0 fully saturated rings. The Hall–Kier alpha value is -2.27. The summed E-state index contributed by atoms with van der Waals surface area (Å²) in [5, 5.41) is 7.14. The van der Waals surface area contributed by atoms with Crippen molar-refractivity contribution in [1.82, 2.24) is 0 Å². The summed E-state index contributed by atoms with van der Waals surface area (Å²) in [6, 6.07) is 13.7. The lowest BCUT2D eigenvalue weighted by molar-refractivity contribution is -0.118. The van der Waals surface area contributed by atoms with E-state index >= 15 is 0 Å². The van der Waals surface area contributed by atoms with Crippen LogP contribution >= 0.6 is 15.9 Å². The normalized spacial score (nSPS) is 20.7. The highest BCUT2D eigenvalue weighted by Crippen LogP contribution is 2.47. The van der Waals surface area contributed by atoms with Gasteiger partial charge in [-0.25, -0.2) is 0 Å². The van der Waals surface area contributed by atoms with Gasteiger partial charge in [0.05, 0.1) is 24.5 Å². The fourth-order valence-corrected chi connectivity index (χ4v) is 4.43. The lowest BCUT2D eigenvalue weighted by Crippen LogP contribution is -2.31. The Kier molecular flexibility index (Phi) is 4.50. The molecule has 4 nitrogen and oxygen atoms in total. The van der Waals surface area contributed by atoms with Crippen LogP contribution in [0.5, 0.6) is 5.75 Å². The smallest absolute Gasteiger partial charge is 0.163 e. The first kappa shape index (κ1) is 18.1. The number of hydrogen-bond donors (Lipinski definition) is 2. The molecule has 1 aliphatic carbocycles. The van der Waals surface area contributed by atoms with Gasteiger partial charge in [0, 0.05) is 27.7 Å². The van der Waals surface area contributed by atoms with Crippen LogP contribution in [0.2, 0.25) is 0 Å². The molecule has 140 valence electrons. The zero-order chi connectivity index (χ0) is 19.2. The van der Waals surface area contributed by atoms with Crippen LogP contribution in [0.1, 0.15) is 38.3 Å². The molecule has 27 heavy (non-hydrogen) atoms. The van der Waals surface area contributed by atoms with E-state index in [0.29, 0.717) is 6.42 Å². The molecule has 0 saturated carbocycles. The summed E-state index contributed by atoms with van der Waals surface area (Å²) in [7, 11) is 1.66. The molecule has 4 rings (SSSR count). The van der Waals surface area contributed by atoms with E-state index in [1.807, 2.05) is 42.5 Å². The van der Waals surface area contributed by atoms with Crippen molar-refractivity contribution in [3.8, 4) is 5.75 Å². The molecule has 0 unspecified atom stereocenters. The topological polar surface area (TPSA) is 50.4 Å². The van der Waals surface area contributed by atoms with Gasteiger partial charge in [-0.1, -0.05) is 41.9 Å². The average molecular weight is 427 g/mol. The Morgan fingerprint density at radius 3 is 2.59 bits per heavy atom. The Morgan fingerprint density at radius 1 is 1.11 bits per heavy atom. The molecule has 2 N–H and O–H groups in total. The maximum atomic E-state index is 13.2. The molecule has 5 heteroatoms. The molecular formula is C22H23BrN2O2. The highest BCUT2D eigenvalue weighted by Gasteiger charge is 2.39. The van der Waals surface area contributed by atoms with Crippen LogP contribution in [-0.4, -0.2) is 12.9 Å². The van der Waals surface area contributed by atoms with E-state index in [-0.39, 0.29) is 17.2 Å². The zero-order valence-electron chi connectivity index (χ0n) is 15.7. The predicted octanol–water partition coefficient (Wildman–Crippen LogP) is 5.68. The van der Waals surface area contributed by atoms with Crippen molar-refractivity contribution < 1.29 is 9.53 Å². The molecule has 0 bridgehead atoms. The third-order valence-electron chi connectivity index (χ3n) is 5.22. The van der Waals surface area contributed by atoms with Crippen molar-refractivity contribution in [2.75, 3.05) is 17.7 Å². The Morgan fingerprint density at radius 2 is 1.85 bits per heavy atom. The van der Waals surface area contributed by atoms with Crippen LogP contribution in [0.3, 0.4) is 0 Å². The van der Waals surface area contributed by atoms with Gasteiger partial charge in [-0.15, -0.1) is 0 Å². The van der Waals surface area contributed by atoms with Crippen molar-refractivity contribution in [1.29, 1.82) is 0 Å². The molecular weight excluding hydrogens is 404 g/mol. The van der Waals surface area contributed by atoms with E-state index < -0.39 is 0 Å². The number of ketones is 1. The van der Waals surface area contributed by atoms with Crippen molar-refractivity contribution in [3.05, 3.63) is 63.8 Å². The third-order valence-corrected chi connectivity index (χ3v) is 5.72. The number of anilines is 2. The van der Waals surface area contributed by atoms with Crippen LogP contribution < -0.4 is 15.4 Å². The van der Waals surface area contributed by atoms with Crippen LogP contribution in [0.15, 0.2) is 58.2 Å². The number of nitrogens with one attached hydrogen (secondary N) is 2. The Labute approximate surface area is 168 Å². The first-order chi connectivity index (χ1) is 12.9. The summed E-state index contributed by atoms with van der Waals surface area (Å²) in [5.41, 5.74) is 4.67. The van der Waals surface area contributed by atoms with Crippen molar-refractivity contribution in [2.45, 2.75) is 32.7 Å². The minimum atomic E-state index is -0.271. The monoisotopic (exact) mass is 426 g/mol. The number of Topliss-reactive ketones (excluding diaryl/α,β-unsaturated/α-hetero) is 1. The number of ether oxygens (including phenoxy) is 1. The molecule has 0 amide bonds. The molecule has 2 aromatic rings. The number of fused-ring (bicyclic) bond motifs is 1. The summed E-state index contributed by atoms with van der Waals surface area (Å²) in [6.07, 6.45) is 1.37. The standard InChI is InChI=1S/C22H23BrN2O2/c1-22(2)11-17-20(18(26)12-22)21(14-10-13(23)8-9-19(14)27-3)25-16-7-5-4-6-15(16)24-17/h4-10,21,24-25H,11-12H2,1-3H3/t21-/m1/s1. The van der Waals surface area contributed by atoms with Crippen LogP contribution in [0.25, 0.3) is 0 Å². The number of allylic oxidation sites excluding steroid dienone is 1. The second kappa shape index (κ2) is 6.71. The molecule has 1 atom stereocenters. The molecule has 0 aromatic heterocycles. The quantitative estimate of drug-likeness (QED) is 0.648. The maximum Gasteiger partial charge on any atom is 0.163 e. The molecule has 0 radical (unpaired) electrons. The molecule has 0 spiro atoms. The van der Waals surface area contributed by atoms with E-state index in [1.165, 1.54) is 0 Å². The minimum absolute atomic E-state index is 0.0614. The van der Waals surface area contributed by atoms with E-state index in [1.54, 1.807) is 7.11 Å². The second-order valence-electron chi connectivity index (χ2n) is 7.97. The van der Waals surface area contributed by atoms with Gasteiger partial charge < -0.3 is 15.4 Å². The van der Waals surface area contributed by atoms with Crippen LogP contribution in [0, 0.1) is 5.41 Å². The Bertz CT molecular complexity index is 949. The highest BCUT2D eigenvalue weighted by molar-refractivity contribution is 9.10. The van der Waals surface area contributed by atoms with E-state index in [2.05, 4.69) is 40.4 Å². The fourth-order valence-electron chi connectivity index (χ4n) is 4.05. The lowest BCUT2D eigenvalue weighted by Gasteiger charge is -2.34. The molecule has 2 aliphatic rings. The number of rotatable bonds is 2. The highest BCUT2D eigenvalue weighted by atomic mass is 79.9. The maximum absolute atomic E-state index is 13.2. The molecule has 2 aromatic carbocycles.